The van der Waals surface area contributed by atoms with E-state index in [9.17, 15) is 4.79 Å². The zero-order chi connectivity index (χ0) is 22.8. The molecule has 2 aromatic carbocycles. The zero-order valence-corrected chi connectivity index (χ0v) is 19.2. The van der Waals surface area contributed by atoms with Gasteiger partial charge in [0.05, 0.1) is 13.2 Å². The van der Waals surface area contributed by atoms with Gasteiger partial charge in [0, 0.05) is 50.8 Å². The summed E-state index contributed by atoms with van der Waals surface area (Å²) in [6, 6.07) is 13.9. The first-order valence-corrected chi connectivity index (χ1v) is 11.1. The fourth-order valence-corrected chi connectivity index (χ4v) is 3.60. The Morgan fingerprint density at radius 1 is 1.22 bits per heavy atom. The lowest BCUT2D eigenvalue weighted by Crippen LogP contribution is -2.38. The molecule has 7 heteroatoms. The molecule has 0 saturated carbocycles. The number of benzene rings is 2. The summed E-state index contributed by atoms with van der Waals surface area (Å²) in [5.41, 5.74) is 4.03. The van der Waals surface area contributed by atoms with Gasteiger partial charge in [-0.05, 0) is 49.1 Å². The number of carbonyl (C=O) groups excluding carboxylic acids is 1. The van der Waals surface area contributed by atoms with E-state index in [0.717, 1.165) is 48.9 Å². The molecule has 0 aliphatic carbocycles. The van der Waals surface area contributed by atoms with E-state index in [1.54, 1.807) is 14.1 Å². The molecule has 0 bridgehead atoms. The first-order chi connectivity index (χ1) is 15.6. The van der Waals surface area contributed by atoms with E-state index in [1.807, 2.05) is 24.3 Å². The van der Waals surface area contributed by atoms with E-state index in [2.05, 4.69) is 46.1 Å². The van der Waals surface area contributed by atoms with Gasteiger partial charge in [-0.1, -0.05) is 24.3 Å². The van der Waals surface area contributed by atoms with Crippen LogP contribution in [-0.4, -0.2) is 52.3 Å². The topological polar surface area (TPSA) is 84.0 Å². The largest absolute Gasteiger partial charge is 0.493 e. The van der Waals surface area contributed by atoms with Crippen molar-refractivity contribution in [3.63, 3.8) is 0 Å². The van der Waals surface area contributed by atoms with Crippen molar-refractivity contribution in [3.8, 4) is 5.75 Å². The molecule has 1 aliphatic rings. The molecule has 0 aromatic heterocycles. The quantitative estimate of drug-likeness (QED) is 0.414. The van der Waals surface area contributed by atoms with Crippen molar-refractivity contribution in [3.05, 3.63) is 64.7 Å². The highest BCUT2D eigenvalue weighted by Gasteiger charge is 2.17. The van der Waals surface area contributed by atoms with Crippen molar-refractivity contribution >= 4 is 11.9 Å². The summed E-state index contributed by atoms with van der Waals surface area (Å²) in [6.07, 6.45) is 1.84. The number of hydrogen-bond donors (Lipinski definition) is 3. The molecule has 32 heavy (non-hydrogen) atoms. The van der Waals surface area contributed by atoms with Crippen LogP contribution in [0, 0.1) is 12.8 Å². The van der Waals surface area contributed by atoms with Crippen LogP contribution in [0.3, 0.4) is 0 Å². The molecule has 0 radical (unpaired) electrons. The van der Waals surface area contributed by atoms with Gasteiger partial charge in [-0.2, -0.15) is 0 Å². The van der Waals surface area contributed by atoms with Gasteiger partial charge in [-0.3, -0.25) is 9.79 Å². The number of carbonyl (C=O) groups is 1. The molecule has 3 N–H and O–H groups in total. The third-order valence-electron chi connectivity index (χ3n) is 5.51. The SMILES string of the molecule is CN=C(NCCc1cccc(C(=O)NC)c1)NCc1ccc(C)cc1OCC1CCOC1. The third-order valence-corrected chi connectivity index (χ3v) is 5.51. The number of nitrogens with one attached hydrogen (secondary N) is 3. The number of rotatable bonds is 9. The van der Waals surface area contributed by atoms with Gasteiger partial charge in [-0.15, -0.1) is 0 Å². The van der Waals surface area contributed by atoms with Crippen molar-refractivity contribution < 1.29 is 14.3 Å². The van der Waals surface area contributed by atoms with Crippen LogP contribution in [0.25, 0.3) is 0 Å². The highest BCUT2D eigenvalue weighted by atomic mass is 16.5. The summed E-state index contributed by atoms with van der Waals surface area (Å²) in [7, 11) is 3.40. The minimum absolute atomic E-state index is 0.0751. The van der Waals surface area contributed by atoms with E-state index >= 15 is 0 Å². The maximum Gasteiger partial charge on any atom is 0.251 e. The minimum Gasteiger partial charge on any atom is -0.493 e. The minimum atomic E-state index is -0.0751. The summed E-state index contributed by atoms with van der Waals surface area (Å²) >= 11 is 0. The Morgan fingerprint density at radius 3 is 2.84 bits per heavy atom. The van der Waals surface area contributed by atoms with Crippen LogP contribution in [-0.2, 0) is 17.7 Å². The van der Waals surface area contributed by atoms with Gasteiger partial charge in [0.25, 0.3) is 5.91 Å². The summed E-state index contributed by atoms with van der Waals surface area (Å²) in [6.45, 7) is 5.68. The normalized spacial score (nSPS) is 16.0. The first kappa shape index (κ1) is 23.6. The van der Waals surface area contributed by atoms with Gasteiger partial charge in [0.2, 0.25) is 0 Å². The van der Waals surface area contributed by atoms with E-state index < -0.39 is 0 Å². The molecule has 3 rings (SSSR count). The number of nitrogens with zero attached hydrogens (tertiary/aromatic N) is 1. The number of aliphatic imine (C=N–C) groups is 1. The fourth-order valence-electron chi connectivity index (χ4n) is 3.60. The number of hydrogen-bond acceptors (Lipinski definition) is 4. The van der Waals surface area contributed by atoms with E-state index in [1.165, 1.54) is 5.56 Å². The molecule has 172 valence electrons. The summed E-state index contributed by atoms with van der Waals surface area (Å²) < 4.78 is 11.6. The molecule has 2 aromatic rings. The molecule has 7 nitrogen and oxygen atoms in total. The average Bonchev–Trinajstić information content (AvgIpc) is 3.34. The van der Waals surface area contributed by atoms with Crippen LogP contribution >= 0.6 is 0 Å². The Kier molecular flexibility index (Phi) is 8.92. The molecular formula is C25H34N4O3. The Morgan fingerprint density at radius 2 is 2.09 bits per heavy atom. The Bertz CT molecular complexity index is 923. The zero-order valence-electron chi connectivity index (χ0n) is 19.2. The maximum absolute atomic E-state index is 11.8. The predicted octanol–water partition coefficient (Wildman–Crippen LogP) is 2.68. The molecular weight excluding hydrogens is 404 g/mol. The Balaban J connectivity index is 1.50. The summed E-state index contributed by atoms with van der Waals surface area (Å²) in [5.74, 6) is 2.02. The van der Waals surface area contributed by atoms with Crippen LogP contribution in [0.5, 0.6) is 5.75 Å². The Hall–Kier alpha value is -3.06. The van der Waals surface area contributed by atoms with Crippen molar-refractivity contribution in [2.75, 3.05) is 40.5 Å². The molecule has 1 heterocycles. The van der Waals surface area contributed by atoms with Crippen molar-refractivity contribution in [2.45, 2.75) is 26.3 Å². The third kappa shape index (κ3) is 6.99. The van der Waals surface area contributed by atoms with Gasteiger partial charge in [0.1, 0.15) is 5.75 Å². The van der Waals surface area contributed by atoms with Crippen LogP contribution < -0.4 is 20.7 Å². The maximum atomic E-state index is 11.8. The Labute approximate surface area is 190 Å². The molecule has 1 aliphatic heterocycles. The molecule has 1 unspecified atom stereocenters. The van der Waals surface area contributed by atoms with Gasteiger partial charge < -0.3 is 25.4 Å². The highest BCUT2D eigenvalue weighted by Crippen LogP contribution is 2.22. The molecule has 0 spiro atoms. The van der Waals surface area contributed by atoms with Gasteiger partial charge in [-0.25, -0.2) is 0 Å². The number of guanidine groups is 1. The van der Waals surface area contributed by atoms with Gasteiger partial charge >= 0.3 is 0 Å². The van der Waals surface area contributed by atoms with Gasteiger partial charge in [0.15, 0.2) is 5.96 Å². The summed E-state index contributed by atoms with van der Waals surface area (Å²) in [4.78, 5) is 16.1. The second-order valence-corrected chi connectivity index (χ2v) is 8.03. The highest BCUT2D eigenvalue weighted by molar-refractivity contribution is 5.94. The molecule has 1 fully saturated rings. The predicted molar refractivity (Wildman–Crippen MR) is 127 cm³/mol. The molecule has 1 atom stereocenters. The lowest BCUT2D eigenvalue weighted by Gasteiger charge is -2.17. The van der Waals surface area contributed by atoms with Crippen LogP contribution in [0.15, 0.2) is 47.5 Å². The summed E-state index contributed by atoms with van der Waals surface area (Å²) in [5, 5.41) is 9.36. The number of amides is 1. The first-order valence-electron chi connectivity index (χ1n) is 11.1. The lowest BCUT2D eigenvalue weighted by molar-refractivity contribution is 0.0963. The van der Waals surface area contributed by atoms with E-state index in [4.69, 9.17) is 9.47 Å². The standard InChI is InChI=1S/C25H34N4O3/c1-18-7-8-22(23(13-18)32-17-20-10-12-31-16-20)15-29-25(27-3)28-11-9-19-5-4-6-21(14-19)24(30)26-2/h4-8,13-14,20H,9-12,15-17H2,1-3H3,(H,26,30)(H2,27,28,29). The molecule has 1 amide bonds. The molecule has 1 saturated heterocycles. The van der Waals surface area contributed by atoms with Crippen LogP contribution in [0.1, 0.15) is 33.5 Å². The van der Waals surface area contributed by atoms with Crippen LogP contribution in [0.2, 0.25) is 0 Å². The number of aryl methyl sites for hydroxylation is 1. The van der Waals surface area contributed by atoms with Crippen molar-refractivity contribution in [2.24, 2.45) is 10.9 Å². The lowest BCUT2D eigenvalue weighted by atomic mass is 10.1. The average molecular weight is 439 g/mol. The smallest absolute Gasteiger partial charge is 0.251 e. The monoisotopic (exact) mass is 438 g/mol. The van der Waals surface area contributed by atoms with Crippen molar-refractivity contribution in [1.82, 2.24) is 16.0 Å². The van der Waals surface area contributed by atoms with Crippen molar-refractivity contribution in [1.29, 1.82) is 0 Å². The number of ether oxygens (including phenoxy) is 2. The second-order valence-electron chi connectivity index (χ2n) is 8.03. The second kappa shape index (κ2) is 12.1. The fraction of sp³-hybridized carbons (Fsp3) is 0.440. The van der Waals surface area contributed by atoms with Crippen LogP contribution in [0.4, 0.5) is 0 Å². The van der Waals surface area contributed by atoms with E-state index in [0.29, 0.717) is 31.2 Å². The van der Waals surface area contributed by atoms with E-state index in [-0.39, 0.29) is 5.91 Å².